The Labute approximate surface area is 166 Å². The van der Waals surface area contributed by atoms with Crippen LogP contribution in [0.1, 0.15) is 17.4 Å². The van der Waals surface area contributed by atoms with Crippen LogP contribution in [-0.4, -0.2) is 36.1 Å². The molecular weight excluding hydrogens is 398 g/mol. The molecule has 3 aromatic rings. The number of nitrogens with zero attached hydrogens (tertiary/aromatic N) is 4. The van der Waals surface area contributed by atoms with Gasteiger partial charge in [0.05, 0.1) is 29.4 Å². The van der Waals surface area contributed by atoms with E-state index in [2.05, 4.69) is 19.8 Å². The van der Waals surface area contributed by atoms with Gasteiger partial charge in [-0.05, 0) is 30.3 Å². The fourth-order valence-corrected chi connectivity index (χ4v) is 3.84. The van der Waals surface area contributed by atoms with Crippen LogP contribution in [-0.2, 0) is 27.9 Å². The summed E-state index contributed by atoms with van der Waals surface area (Å²) in [5.74, 6) is 0.741. The minimum atomic E-state index is -3.83. The normalized spacial score (nSPS) is 13.8. The molecule has 0 aliphatic carbocycles. The second-order valence-corrected chi connectivity index (χ2v) is 8.04. The summed E-state index contributed by atoms with van der Waals surface area (Å²) in [6, 6.07) is 9.57. The highest BCUT2D eigenvalue weighted by molar-refractivity contribution is 7.89. The second kappa shape index (κ2) is 7.60. The lowest BCUT2D eigenvalue weighted by molar-refractivity contribution is -0.121. The SMILES string of the molecule is Cc1nc(CN2C(=O)COc3ccc(S(=O)(=O)NCc4ccccn4)cc32)no1. The van der Waals surface area contributed by atoms with E-state index in [0.29, 0.717) is 28.8 Å². The first-order chi connectivity index (χ1) is 13.9. The zero-order valence-electron chi connectivity index (χ0n) is 15.4. The van der Waals surface area contributed by atoms with Crippen LogP contribution in [0.4, 0.5) is 5.69 Å². The molecule has 3 heterocycles. The van der Waals surface area contributed by atoms with Gasteiger partial charge in [-0.15, -0.1) is 0 Å². The topological polar surface area (TPSA) is 128 Å². The van der Waals surface area contributed by atoms with Crippen LogP contribution < -0.4 is 14.4 Å². The molecule has 1 aliphatic heterocycles. The maximum Gasteiger partial charge on any atom is 0.265 e. The molecule has 1 aliphatic rings. The van der Waals surface area contributed by atoms with Crippen LogP contribution in [0.25, 0.3) is 0 Å². The van der Waals surface area contributed by atoms with E-state index in [1.165, 1.54) is 23.1 Å². The molecule has 1 aromatic carbocycles. The highest BCUT2D eigenvalue weighted by atomic mass is 32.2. The predicted molar refractivity (Wildman–Crippen MR) is 100 cm³/mol. The van der Waals surface area contributed by atoms with Crippen LogP contribution in [0.5, 0.6) is 5.75 Å². The van der Waals surface area contributed by atoms with Gasteiger partial charge in [-0.2, -0.15) is 4.98 Å². The highest BCUT2D eigenvalue weighted by Gasteiger charge is 2.29. The molecule has 29 heavy (non-hydrogen) atoms. The van der Waals surface area contributed by atoms with Crippen LogP contribution in [0, 0.1) is 6.92 Å². The average molecular weight is 415 g/mol. The lowest BCUT2D eigenvalue weighted by Crippen LogP contribution is -2.38. The van der Waals surface area contributed by atoms with Gasteiger partial charge in [0.25, 0.3) is 5.91 Å². The van der Waals surface area contributed by atoms with Crippen molar-refractivity contribution in [3.63, 3.8) is 0 Å². The second-order valence-electron chi connectivity index (χ2n) is 6.27. The van der Waals surface area contributed by atoms with Crippen LogP contribution in [0.3, 0.4) is 0 Å². The number of rotatable bonds is 6. The summed E-state index contributed by atoms with van der Waals surface area (Å²) >= 11 is 0. The standard InChI is InChI=1S/C18H17N5O5S/c1-12-21-17(22-28-12)10-23-15-8-14(5-6-16(15)27-11-18(23)24)29(25,26)20-9-13-4-2-3-7-19-13/h2-8,20H,9-11H2,1H3. The van der Waals surface area contributed by atoms with Crippen molar-refractivity contribution in [1.82, 2.24) is 19.8 Å². The molecule has 0 radical (unpaired) electrons. The minimum absolute atomic E-state index is 0.000210. The number of hydrogen-bond donors (Lipinski definition) is 1. The molecule has 1 amide bonds. The van der Waals surface area contributed by atoms with Crippen molar-refractivity contribution < 1.29 is 22.5 Å². The number of sulfonamides is 1. The number of pyridine rings is 1. The average Bonchev–Trinajstić information content (AvgIpc) is 3.14. The molecule has 1 N–H and O–H groups in total. The molecule has 0 saturated heterocycles. The molecule has 0 saturated carbocycles. The fourth-order valence-electron chi connectivity index (χ4n) is 2.82. The first-order valence-electron chi connectivity index (χ1n) is 8.68. The predicted octanol–water partition coefficient (Wildman–Crippen LogP) is 1.18. The van der Waals surface area contributed by atoms with Gasteiger partial charge in [0.1, 0.15) is 5.75 Å². The summed E-state index contributed by atoms with van der Waals surface area (Å²) in [7, 11) is -3.83. The molecule has 0 bridgehead atoms. The summed E-state index contributed by atoms with van der Waals surface area (Å²) < 4.78 is 38.3. The summed E-state index contributed by atoms with van der Waals surface area (Å²) in [6.07, 6.45) is 1.59. The molecule has 4 rings (SSSR count). The molecule has 10 nitrogen and oxygen atoms in total. The van der Waals surface area contributed by atoms with Crippen molar-refractivity contribution in [3.8, 4) is 5.75 Å². The van der Waals surface area contributed by atoms with E-state index in [0.717, 1.165) is 0 Å². The Bertz CT molecular complexity index is 1150. The van der Waals surface area contributed by atoms with Gasteiger partial charge in [0.15, 0.2) is 12.4 Å². The summed E-state index contributed by atoms with van der Waals surface area (Å²) in [6.45, 7) is 1.57. The number of benzene rings is 1. The van der Waals surface area contributed by atoms with E-state index < -0.39 is 10.0 Å². The van der Waals surface area contributed by atoms with E-state index in [1.54, 1.807) is 31.3 Å². The Morgan fingerprint density at radius 1 is 1.24 bits per heavy atom. The Hall–Kier alpha value is -3.31. The number of carbonyl (C=O) groups excluding carboxylic acids is 1. The van der Waals surface area contributed by atoms with Gasteiger partial charge in [0, 0.05) is 13.1 Å². The molecule has 11 heteroatoms. The molecule has 0 spiro atoms. The summed E-state index contributed by atoms with van der Waals surface area (Å²) in [5, 5.41) is 3.79. The lowest BCUT2D eigenvalue weighted by Gasteiger charge is -2.28. The summed E-state index contributed by atoms with van der Waals surface area (Å²) in [4.78, 5) is 21.9. The number of amides is 1. The van der Waals surface area contributed by atoms with E-state index in [-0.39, 0.29) is 30.5 Å². The lowest BCUT2D eigenvalue weighted by atomic mass is 10.2. The Morgan fingerprint density at radius 3 is 2.83 bits per heavy atom. The smallest absolute Gasteiger partial charge is 0.265 e. The number of anilines is 1. The number of hydrogen-bond acceptors (Lipinski definition) is 8. The van der Waals surface area contributed by atoms with E-state index in [9.17, 15) is 13.2 Å². The first kappa shape index (κ1) is 19.0. The monoisotopic (exact) mass is 415 g/mol. The van der Waals surface area contributed by atoms with Crippen LogP contribution in [0.15, 0.2) is 52.0 Å². The number of fused-ring (bicyclic) bond motifs is 1. The third-order valence-electron chi connectivity index (χ3n) is 4.22. The van der Waals surface area contributed by atoms with Crippen molar-refractivity contribution in [3.05, 3.63) is 60.0 Å². The molecular formula is C18H17N5O5S. The molecule has 0 atom stereocenters. The summed E-state index contributed by atoms with van der Waals surface area (Å²) in [5.41, 5.74) is 0.908. The van der Waals surface area contributed by atoms with Crippen molar-refractivity contribution >= 4 is 21.6 Å². The van der Waals surface area contributed by atoms with Gasteiger partial charge in [-0.25, -0.2) is 13.1 Å². The van der Waals surface area contributed by atoms with Gasteiger partial charge in [-0.1, -0.05) is 11.2 Å². The highest BCUT2D eigenvalue weighted by Crippen LogP contribution is 2.35. The van der Waals surface area contributed by atoms with Crippen LogP contribution >= 0.6 is 0 Å². The number of carbonyl (C=O) groups is 1. The maximum absolute atomic E-state index is 12.7. The molecule has 2 aromatic heterocycles. The maximum atomic E-state index is 12.7. The van der Waals surface area contributed by atoms with Crippen molar-refractivity contribution in [2.75, 3.05) is 11.5 Å². The van der Waals surface area contributed by atoms with Crippen molar-refractivity contribution in [2.24, 2.45) is 0 Å². The molecule has 0 unspecified atom stereocenters. The Kier molecular flexibility index (Phi) is 4.99. The fraction of sp³-hybridized carbons (Fsp3) is 0.222. The van der Waals surface area contributed by atoms with Crippen molar-refractivity contribution in [2.45, 2.75) is 24.9 Å². The number of aryl methyl sites for hydroxylation is 1. The van der Waals surface area contributed by atoms with Gasteiger partial charge in [0.2, 0.25) is 15.9 Å². The van der Waals surface area contributed by atoms with E-state index in [4.69, 9.17) is 9.26 Å². The van der Waals surface area contributed by atoms with E-state index in [1.807, 2.05) is 0 Å². The third-order valence-corrected chi connectivity index (χ3v) is 5.62. The number of ether oxygens (including phenoxy) is 1. The van der Waals surface area contributed by atoms with Gasteiger partial charge >= 0.3 is 0 Å². The van der Waals surface area contributed by atoms with E-state index >= 15 is 0 Å². The molecule has 0 fully saturated rings. The largest absolute Gasteiger partial charge is 0.482 e. The van der Waals surface area contributed by atoms with Crippen molar-refractivity contribution in [1.29, 1.82) is 0 Å². The zero-order chi connectivity index (χ0) is 20.4. The Balaban J connectivity index is 1.61. The first-order valence-corrected chi connectivity index (χ1v) is 10.2. The van der Waals surface area contributed by atoms with Gasteiger partial charge < -0.3 is 9.26 Å². The Morgan fingerprint density at radius 2 is 2.10 bits per heavy atom. The number of aromatic nitrogens is 3. The zero-order valence-corrected chi connectivity index (χ0v) is 16.2. The quantitative estimate of drug-likeness (QED) is 0.636. The van der Waals surface area contributed by atoms with Gasteiger partial charge in [-0.3, -0.25) is 14.7 Å². The molecule has 150 valence electrons. The van der Waals surface area contributed by atoms with Crippen LogP contribution in [0.2, 0.25) is 0 Å². The third kappa shape index (κ3) is 4.10. The minimum Gasteiger partial charge on any atom is -0.482 e. The number of nitrogens with one attached hydrogen (secondary N) is 1.